The zero-order chi connectivity index (χ0) is 18.6. The molecule has 0 atom stereocenters. The fraction of sp³-hybridized carbons (Fsp3) is 0.0952. The van der Waals surface area contributed by atoms with Crippen molar-refractivity contribution in [1.82, 2.24) is 10.1 Å². The van der Waals surface area contributed by atoms with Crippen molar-refractivity contribution < 1.29 is 14.1 Å². The normalized spacial score (nSPS) is 10.7. The van der Waals surface area contributed by atoms with Crippen molar-refractivity contribution in [2.45, 2.75) is 13.5 Å². The fourth-order valence-electron chi connectivity index (χ4n) is 2.53. The van der Waals surface area contributed by atoms with Gasteiger partial charge in [0.05, 0.1) is 0 Å². The van der Waals surface area contributed by atoms with E-state index in [-0.39, 0.29) is 6.61 Å². The smallest absolute Gasteiger partial charge is 0.358 e. The number of hydrogen-bond acceptors (Lipinski definition) is 6. The van der Waals surface area contributed by atoms with Crippen LogP contribution < -0.4 is 0 Å². The van der Waals surface area contributed by atoms with Gasteiger partial charge >= 0.3 is 5.97 Å². The highest BCUT2D eigenvalue weighted by molar-refractivity contribution is 7.13. The van der Waals surface area contributed by atoms with Crippen LogP contribution in [0.1, 0.15) is 21.8 Å². The van der Waals surface area contributed by atoms with Crippen molar-refractivity contribution in [1.29, 1.82) is 0 Å². The summed E-state index contributed by atoms with van der Waals surface area (Å²) in [4.78, 5) is 16.6. The first-order chi connectivity index (χ1) is 13.2. The Hall–Kier alpha value is -3.25. The average molecular weight is 376 g/mol. The van der Waals surface area contributed by atoms with Gasteiger partial charge in [0.1, 0.15) is 10.7 Å². The molecule has 0 fully saturated rings. The monoisotopic (exact) mass is 376 g/mol. The summed E-state index contributed by atoms with van der Waals surface area (Å²) in [5.74, 6) is -0.00142. The minimum Gasteiger partial charge on any atom is -0.453 e. The van der Waals surface area contributed by atoms with E-state index in [9.17, 15) is 4.79 Å². The van der Waals surface area contributed by atoms with E-state index in [0.717, 1.165) is 16.1 Å². The third kappa shape index (κ3) is 3.96. The summed E-state index contributed by atoms with van der Waals surface area (Å²) in [6.07, 6.45) is 0. The van der Waals surface area contributed by atoms with Gasteiger partial charge in [-0.3, -0.25) is 0 Å². The van der Waals surface area contributed by atoms with Crippen LogP contribution in [-0.4, -0.2) is 16.1 Å². The SMILES string of the molecule is Cc1ccc(-c2nc(C(=O)OCc3cc(-c4ccccc4)no3)cs2)cc1. The van der Waals surface area contributed by atoms with E-state index in [2.05, 4.69) is 10.1 Å². The highest BCUT2D eigenvalue weighted by Gasteiger charge is 2.15. The number of hydrogen-bond donors (Lipinski definition) is 0. The van der Waals surface area contributed by atoms with Gasteiger partial charge in [0.15, 0.2) is 18.1 Å². The largest absolute Gasteiger partial charge is 0.453 e. The molecule has 0 radical (unpaired) electrons. The molecule has 6 heteroatoms. The molecule has 2 heterocycles. The predicted octanol–water partition coefficient (Wildman–Crippen LogP) is 5.13. The maximum absolute atomic E-state index is 12.3. The summed E-state index contributed by atoms with van der Waals surface area (Å²) in [5, 5.41) is 6.49. The van der Waals surface area contributed by atoms with Crippen molar-refractivity contribution >= 4 is 17.3 Å². The molecule has 134 valence electrons. The summed E-state index contributed by atoms with van der Waals surface area (Å²) < 4.78 is 10.5. The topological polar surface area (TPSA) is 65.2 Å². The Morgan fingerprint density at radius 3 is 2.63 bits per heavy atom. The van der Waals surface area contributed by atoms with Gasteiger partial charge in [-0.2, -0.15) is 0 Å². The second kappa shape index (κ2) is 7.55. The predicted molar refractivity (Wildman–Crippen MR) is 103 cm³/mol. The van der Waals surface area contributed by atoms with Crippen LogP contribution in [0.4, 0.5) is 0 Å². The van der Waals surface area contributed by atoms with Gasteiger partial charge in [-0.15, -0.1) is 11.3 Å². The van der Waals surface area contributed by atoms with Gasteiger partial charge in [-0.1, -0.05) is 65.3 Å². The molecule has 0 aliphatic heterocycles. The maximum Gasteiger partial charge on any atom is 0.358 e. The summed E-state index contributed by atoms with van der Waals surface area (Å²) in [5.41, 5.74) is 4.10. The van der Waals surface area contributed by atoms with Gasteiger partial charge in [-0.05, 0) is 6.92 Å². The number of aryl methyl sites for hydroxylation is 1. The molecule has 5 nitrogen and oxygen atoms in total. The third-order valence-electron chi connectivity index (χ3n) is 3.99. The average Bonchev–Trinajstić information content (AvgIpc) is 3.37. The van der Waals surface area contributed by atoms with Crippen LogP contribution in [0.15, 0.2) is 70.6 Å². The number of carbonyl (C=O) groups excluding carboxylic acids is 1. The molecule has 0 N–H and O–H groups in total. The van der Waals surface area contributed by atoms with Crippen LogP contribution in [0.2, 0.25) is 0 Å². The molecular formula is C21H16N2O3S. The Kier molecular flexibility index (Phi) is 4.80. The highest BCUT2D eigenvalue weighted by atomic mass is 32.1. The fourth-order valence-corrected chi connectivity index (χ4v) is 3.33. The molecule has 0 unspecified atom stereocenters. The second-order valence-corrected chi connectivity index (χ2v) is 6.88. The lowest BCUT2D eigenvalue weighted by molar-refractivity contribution is 0.0431. The van der Waals surface area contributed by atoms with Crippen molar-refractivity contribution in [3.8, 4) is 21.8 Å². The van der Waals surface area contributed by atoms with Crippen molar-refractivity contribution in [3.63, 3.8) is 0 Å². The summed E-state index contributed by atoms with van der Waals surface area (Å²) in [6, 6.07) is 19.4. The van der Waals surface area contributed by atoms with Crippen LogP contribution in [0.5, 0.6) is 0 Å². The number of carbonyl (C=O) groups is 1. The molecule has 4 rings (SSSR count). The molecular weight excluding hydrogens is 360 g/mol. The lowest BCUT2D eigenvalue weighted by atomic mass is 10.1. The molecule has 0 amide bonds. The van der Waals surface area contributed by atoms with Crippen molar-refractivity contribution in [2.75, 3.05) is 0 Å². The van der Waals surface area contributed by atoms with Crippen molar-refractivity contribution in [3.05, 3.63) is 83.1 Å². The minimum atomic E-state index is -0.484. The quantitative estimate of drug-likeness (QED) is 0.452. The van der Waals surface area contributed by atoms with Gasteiger partial charge < -0.3 is 9.26 Å². The van der Waals surface area contributed by atoms with E-state index < -0.39 is 5.97 Å². The second-order valence-electron chi connectivity index (χ2n) is 6.02. The zero-order valence-electron chi connectivity index (χ0n) is 14.6. The van der Waals surface area contributed by atoms with Gasteiger partial charge in [0, 0.05) is 22.6 Å². The van der Waals surface area contributed by atoms with Gasteiger partial charge in [-0.25, -0.2) is 9.78 Å². The molecule has 2 aromatic heterocycles. The Labute approximate surface area is 160 Å². The number of nitrogens with zero attached hydrogens (tertiary/aromatic N) is 2. The molecule has 0 bridgehead atoms. The van der Waals surface area contributed by atoms with Gasteiger partial charge in [0.25, 0.3) is 0 Å². The molecule has 0 aliphatic rings. The Bertz CT molecular complexity index is 1050. The number of thiazole rings is 1. The summed E-state index contributed by atoms with van der Waals surface area (Å²) in [6.45, 7) is 2.04. The Morgan fingerprint density at radius 1 is 1.07 bits per heavy atom. The molecule has 0 saturated carbocycles. The van der Waals surface area contributed by atoms with E-state index in [4.69, 9.17) is 9.26 Å². The van der Waals surface area contributed by atoms with Gasteiger partial charge in [0.2, 0.25) is 0 Å². The van der Waals surface area contributed by atoms with E-state index in [1.54, 1.807) is 11.4 Å². The first-order valence-electron chi connectivity index (χ1n) is 8.40. The number of aromatic nitrogens is 2. The lowest BCUT2D eigenvalue weighted by Crippen LogP contribution is -2.05. The van der Waals surface area contributed by atoms with Crippen LogP contribution >= 0.6 is 11.3 Å². The number of ether oxygens (including phenoxy) is 1. The lowest BCUT2D eigenvalue weighted by Gasteiger charge is -1.99. The highest BCUT2D eigenvalue weighted by Crippen LogP contribution is 2.25. The summed E-state index contributed by atoms with van der Waals surface area (Å²) >= 11 is 1.41. The maximum atomic E-state index is 12.3. The molecule has 27 heavy (non-hydrogen) atoms. The van der Waals surface area contributed by atoms with E-state index >= 15 is 0 Å². The first-order valence-corrected chi connectivity index (χ1v) is 9.28. The molecule has 0 spiro atoms. The van der Waals surface area contributed by atoms with Crippen LogP contribution in [0, 0.1) is 6.92 Å². The standard InChI is InChI=1S/C21H16N2O3S/c1-14-7-9-16(10-8-14)20-22-19(13-27-20)21(24)25-12-17-11-18(23-26-17)15-5-3-2-4-6-15/h2-11,13H,12H2,1H3. The van der Waals surface area contributed by atoms with E-state index in [1.807, 2.05) is 61.5 Å². The Morgan fingerprint density at radius 2 is 1.85 bits per heavy atom. The zero-order valence-corrected chi connectivity index (χ0v) is 15.4. The van der Waals surface area contributed by atoms with E-state index in [1.165, 1.54) is 16.9 Å². The number of benzene rings is 2. The number of rotatable bonds is 5. The summed E-state index contributed by atoms with van der Waals surface area (Å²) in [7, 11) is 0. The van der Waals surface area contributed by atoms with E-state index in [0.29, 0.717) is 17.1 Å². The number of esters is 1. The van der Waals surface area contributed by atoms with Crippen LogP contribution in [0.3, 0.4) is 0 Å². The van der Waals surface area contributed by atoms with Crippen LogP contribution in [-0.2, 0) is 11.3 Å². The molecule has 0 saturated heterocycles. The van der Waals surface area contributed by atoms with Crippen molar-refractivity contribution in [2.24, 2.45) is 0 Å². The minimum absolute atomic E-state index is 0.00998. The molecule has 2 aromatic carbocycles. The van der Waals surface area contributed by atoms with Crippen LogP contribution in [0.25, 0.3) is 21.8 Å². The third-order valence-corrected chi connectivity index (χ3v) is 4.88. The molecule has 0 aliphatic carbocycles. The molecule has 4 aromatic rings. The first kappa shape index (κ1) is 17.2. The Balaban J connectivity index is 1.40.